The van der Waals surface area contributed by atoms with Gasteiger partial charge in [-0.3, -0.25) is 9.67 Å². The topological polar surface area (TPSA) is 72.7 Å². The number of ether oxygens (including phenoxy) is 2. The zero-order chi connectivity index (χ0) is 17.4. The van der Waals surface area contributed by atoms with Gasteiger partial charge in [0, 0.05) is 45.0 Å². The summed E-state index contributed by atoms with van der Waals surface area (Å²) in [5, 5.41) is 10.7. The lowest BCUT2D eigenvalue weighted by atomic mass is 10.2. The molecule has 0 bridgehead atoms. The number of rotatable bonds is 7. The van der Waals surface area contributed by atoms with Crippen LogP contribution < -0.4 is 20.1 Å². The molecule has 0 aliphatic carbocycles. The number of halogens is 1. The van der Waals surface area contributed by atoms with E-state index in [1.165, 1.54) is 5.56 Å². The first kappa shape index (κ1) is 21.1. The monoisotopic (exact) mass is 459 g/mol. The van der Waals surface area contributed by atoms with Crippen LogP contribution in [-0.2, 0) is 20.0 Å². The maximum absolute atomic E-state index is 5.41. The van der Waals surface area contributed by atoms with E-state index in [0.717, 1.165) is 36.0 Å². The summed E-state index contributed by atoms with van der Waals surface area (Å²) in [5.41, 5.74) is 2.23. The Bertz CT molecular complexity index is 687. The van der Waals surface area contributed by atoms with Crippen LogP contribution in [0.5, 0.6) is 11.5 Å². The summed E-state index contributed by atoms with van der Waals surface area (Å²) in [5.74, 6) is 2.30. The van der Waals surface area contributed by atoms with E-state index >= 15 is 0 Å². The Morgan fingerprint density at radius 1 is 1.24 bits per heavy atom. The maximum Gasteiger partial charge on any atom is 0.191 e. The highest BCUT2D eigenvalue weighted by atomic mass is 127. The van der Waals surface area contributed by atoms with Gasteiger partial charge in [-0.05, 0) is 24.1 Å². The van der Waals surface area contributed by atoms with Crippen molar-refractivity contribution in [2.45, 2.75) is 13.0 Å². The van der Waals surface area contributed by atoms with Crippen molar-refractivity contribution >= 4 is 29.9 Å². The highest BCUT2D eigenvalue weighted by Gasteiger charge is 2.06. The molecule has 1 aromatic heterocycles. The molecular formula is C17H26IN5O2. The van der Waals surface area contributed by atoms with Crippen molar-refractivity contribution in [3.05, 3.63) is 41.7 Å². The number of nitrogens with zero attached hydrogens (tertiary/aromatic N) is 3. The number of hydrogen-bond acceptors (Lipinski definition) is 4. The minimum atomic E-state index is 0. The summed E-state index contributed by atoms with van der Waals surface area (Å²) >= 11 is 0. The van der Waals surface area contributed by atoms with Crippen LogP contribution in [0.1, 0.15) is 11.1 Å². The molecule has 0 aliphatic heterocycles. The molecule has 0 saturated carbocycles. The van der Waals surface area contributed by atoms with E-state index in [1.54, 1.807) is 25.9 Å². The third kappa shape index (κ3) is 6.45. The van der Waals surface area contributed by atoms with Crippen LogP contribution >= 0.6 is 24.0 Å². The van der Waals surface area contributed by atoms with Gasteiger partial charge >= 0.3 is 0 Å². The minimum absolute atomic E-state index is 0. The molecule has 2 aromatic rings. The predicted octanol–water partition coefficient (Wildman–Crippen LogP) is 1.96. The van der Waals surface area contributed by atoms with Crippen molar-refractivity contribution in [1.29, 1.82) is 0 Å². The Hall–Kier alpha value is -1.97. The Labute approximate surface area is 165 Å². The highest BCUT2D eigenvalue weighted by molar-refractivity contribution is 14.0. The summed E-state index contributed by atoms with van der Waals surface area (Å²) in [6.07, 6.45) is 4.78. The van der Waals surface area contributed by atoms with Gasteiger partial charge < -0.3 is 20.1 Å². The molecule has 0 atom stereocenters. The first-order valence-corrected chi connectivity index (χ1v) is 7.79. The van der Waals surface area contributed by atoms with Crippen molar-refractivity contribution in [3.8, 4) is 11.5 Å². The number of nitrogens with one attached hydrogen (secondary N) is 2. The number of aromatic nitrogens is 2. The lowest BCUT2D eigenvalue weighted by molar-refractivity contribution is 0.390. The highest BCUT2D eigenvalue weighted by Crippen LogP contribution is 2.24. The fourth-order valence-corrected chi connectivity index (χ4v) is 2.32. The average molecular weight is 459 g/mol. The molecule has 25 heavy (non-hydrogen) atoms. The fraction of sp³-hybridized carbons (Fsp3) is 0.412. The van der Waals surface area contributed by atoms with Crippen molar-refractivity contribution in [3.63, 3.8) is 0 Å². The lowest BCUT2D eigenvalue weighted by Crippen LogP contribution is -2.37. The second-order valence-corrected chi connectivity index (χ2v) is 5.30. The number of guanidine groups is 1. The third-order valence-electron chi connectivity index (χ3n) is 3.63. The van der Waals surface area contributed by atoms with Gasteiger partial charge in [0.25, 0.3) is 0 Å². The number of aryl methyl sites for hydroxylation is 1. The molecular weight excluding hydrogens is 433 g/mol. The third-order valence-corrected chi connectivity index (χ3v) is 3.63. The standard InChI is InChI=1S/C17H25N5O2.HI/c1-18-17(19-8-7-13-10-21-22(2)12-13)20-11-14-5-6-15(23-3)9-16(14)24-4;/h5-6,9-10,12H,7-8,11H2,1-4H3,(H2,18,19,20);1H. The summed E-state index contributed by atoms with van der Waals surface area (Å²) in [6.45, 7) is 1.39. The molecule has 0 saturated heterocycles. The number of methoxy groups -OCH3 is 2. The van der Waals surface area contributed by atoms with Crippen molar-refractivity contribution < 1.29 is 9.47 Å². The normalized spacial score (nSPS) is 10.8. The maximum atomic E-state index is 5.41. The van der Waals surface area contributed by atoms with E-state index in [0.29, 0.717) is 6.54 Å². The van der Waals surface area contributed by atoms with Gasteiger partial charge in [-0.15, -0.1) is 24.0 Å². The first-order chi connectivity index (χ1) is 11.7. The Morgan fingerprint density at radius 3 is 2.64 bits per heavy atom. The first-order valence-electron chi connectivity index (χ1n) is 7.79. The Kier molecular flexibility index (Phi) is 9.11. The van der Waals surface area contributed by atoms with Crippen LogP contribution in [0.25, 0.3) is 0 Å². The van der Waals surface area contributed by atoms with Crippen LogP contribution in [-0.4, -0.2) is 43.6 Å². The minimum Gasteiger partial charge on any atom is -0.497 e. The summed E-state index contributed by atoms with van der Waals surface area (Å²) in [7, 11) is 6.96. The van der Waals surface area contributed by atoms with E-state index in [1.807, 2.05) is 37.6 Å². The van der Waals surface area contributed by atoms with E-state index in [2.05, 4.69) is 20.7 Å². The average Bonchev–Trinajstić information content (AvgIpc) is 3.03. The largest absolute Gasteiger partial charge is 0.497 e. The second kappa shape index (κ2) is 10.8. The molecule has 7 nitrogen and oxygen atoms in total. The SMILES string of the molecule is CN=C(NCCc1cnn(C)c1)NCc1ccc(OC)cc1OC.I. The van der Waals surface area contributed by atoms with Gasteiger partial charge in [0.2, 0.25) is 0 Å². The number of benzene rings is 1. The molecule has 2 N–H and O–H groups in total. The van der Waals surface area contributed by atoms with E-state index in [-0.39, 0.29) is 24.0 Å². The fourth-order valence-electron chi connectivity index (χ4n) is 2.32. The van der Waals surface area contributed by atoms with Crippen molar-refractivity contribution in [1.82, 2.24) is 20.4 Å². The smallest absolute Gasteiger partial charge is 0.191 e. The van der Waals surface area contributed by atoms with E-state index < -0.39 is 0 Å². The summed E-state index contributed by atoms with van der Waals surface area (Å²) in [6, 6.07) is 5.77. The van der Waals surface area contributed by atoms with E-state index in [9.17, 15) is 0 Å². The summed E-state index contributed by atoms with van der Waals surface area (Å²) in [4.78, 5) is 4.24. The molecule has 0 aliphatic rings. The zero-order valence-electron chi connectivity index (χ0n) is 15.1. The molecule has 0 radical (unpaired) electrons. The van der Waals surface area contributed by atoms with Gasteiger partial charge in [0.15, 0.2) is 5.96 Å². The molecule has 0 amide bonds. The van der Waals surface area contributed by atoms with Crippen LogP contribution in [0.4, 0.5) is 0 Å². The number of hydrogen-bond donors (Lipinski definition) is 2. The van der Waals surface area contributed by atoms with E-state index in [4.69, 9.17) is 9.47 Å². The van der Waals surface area contributed by atoms with Crippen LogP contribution in [0.3, 0.4) is 0 Å². The number of aliphatic imine (C=N–C) groups is 1. The van der Waals surface area contributed by atoms with Crippen LogP contribution in [0.2, 0.25) is 0 Å². The van der Waals surface area contributed by atoms with Gasteiger partial charge in [-0.2, -0.15) is 5.10 Å². The molecule has 0 fully saturated rings. The Balaban J connectivity index is 0.00000312. The predicted molar refractivity (Wildman–Crippen MR) is 110 cm³/mol. The lowest BCUT2D eigenvalue weighted by Gasteiger charge is -2.14. The molecule has 0 spiro atoms. The molecule has 138 valence electrons. The molecule has 1 heterocycles. The van der Waals surface area contributed by atoms with Crippen molar-refractivity contribution in [2.24, 2.45) is 12.0 Å². The molecule has 8 heteroatoms. The van der Waals surface area contributed by atoms with Gasteiger partial charge in [0.05, 0.1) is 20.4 Å². The second-order valence-electron chi connectivity index (χ2n) is 5.30. The van der Waals surface area contributed by atoms with Crippen LogP contribution in [0, 0.1) is 0 Å². The molecule has 0 unspecified atom stereocenters. The van der Waals surface area contributed by atoms with Gasteiger partial charge in [-0.1, -0.05) is 0 Å². The quantitative estimate of drug-likeness (QED) is 0.377. The summed E-state index contributed by atoms with van der Waals surface area (Å²) < 4.78 is 12.4. The Morgan fingerprint density at radius 2 is 2.04 bits per heavy atom. The van der Waals surface area contributed by atoms with Crippen molar-refractivity contribution in [2.75, 3.05) is 27.8 Å². The zero-order valence-corrected chi connectivity index (χ0v) is 17.4. The van der Waals surface area contributed by atoms with Crippen LogP contribution in [0.15, 0.2) is 35.6 Å². The molecule has 1 aromatic carbocycles. The van der Waals surface area contributed by atoms with Gasteiger partial charge in [-0.25, -0.2) is 0 Å². The van der Waals surface area contributed by atoms with Gasteiger partial charge in [0.1, 0.15) is 11.5 Å². The molecule has 2 rings (SSSR count).